The van der Waals surface area contributed by atoms with Crippen LogP contribution in [0.3, 0.4) is 0 Å². The number of rotatable bonds is 6. The largest absolute Gasteiger partial charge is 0.513 e. The van der Waals surface area contributed by atoms with Gasteiger partial charge in [0.05, 0.1) is 6.61 Å². The van der Waals surface area contributed by atoms with Crippen LogP contribution in [0.2, 0.25) is 0 Å². The molecule has 0 aromatic heterocycles. The fraction of sp³-hybridized carbons (Fsp3) is 0.125. The molecule has 7 nitrogen and oxygen atoms in total. The summed E-state index contributed by atoms with van der Waals surface area (Å²) < 4.78 is 9.66. The van der Waals surface area contributed by atoms with Gasteiger partial charge in [0.1, 0.15) is 5.75 Å². The Morgan fingerprint density at radius 1 is 0.710 bits per heavy atom. The lowest BCUT2D eigenvalue weighted by Gasteiger charge is -2.09. The third-order valence-corrected chi connectivity index (χ3v) is 4.29. The Bertz CT molecular complexity index is 1060. The molecule has 0 saturated carbocycles. The van der Waals surface area contributed by atoms with Crippen LogP contribution in [-0.4, -0.2) is 24.6 Å². The molecule has 0 atom stereocenters. The first kappa shape index (κ1) is 21.6. The van der Waals surface area contributed by atoms with Crippen molar-refractivity contribution >= 4 is 29.3 Å². The van der Waals surface area contributed by atoms with E-state index < -0.39 is 6.16 Å². The molecule has 0 aliphatic heterocycles. The lowest BCUT2D eigenvalue weighted by Crippen LogP contribution is -2.13. The van der Waals surface area contributed by atoms with Crippen LogP contribution in [0.1, 0.15) is 33.2 Å². The number of aryl methyl sites for hydroxylation is 1. The Labute approximate surface area is 180 Å². The van der Waals surface area contributed by atoms with E-state index in [1.54, 1.807) is 55.5 Å². The molecule has 3 rings (SSSR count). The van der Waals surface area contributed by atoms with E-state index in [0.29, 0.717) is 22.5 Å². The number of hydrogen-bond acceptors (Lipinski definition) is 5. The monoisotopic (exact) mass is 418 g/mol. The van der Waals surface area contributed by atoms with Crippen LogP contribution in [-0.2, 0) is 4.74 Å². The van der Waals surface area contributed by atoms with Gasteiger partial charge in [0.2, 0.25) is 0 Å². The summed E-state index contributed by atoms with van der Waals surface area (Å²) in [5.74, 6) is -0.246. The molecule has 2 amide bonds. The molecule has 0 bridgehead atoms. The molecule has 0 heterocycles. The summed E-state index contributed by atoms with van der Waals surface area (Å²) in [6.45, 7) is 3.85. The summed E-state index contributed by atoms with van der Waals surface area (Å²) in [6.07, 6.45) is -0.797. The van der Waals surface area contributed by atoms with Crippen LogP contribution in [0, 0.1) is 6.92 Å². The Kier molecular flexibility index (Phi) is 7.01. The Morgan fingerprint density at radius 2 is 1.16 bits per heavy atom. The molecule has 3 aromatic rings. The fourth-order valence-corrected chi connectivity index (χ4v) is 2.67. The molecular weight excluding hydrogens is 396 g/mol. The zero-order valence-corrected chi connectivity index (χ0v) is 17.2. The summed E-state index contributed by atoms with van der Waals surface area (Å²) >= 11 is 0. The maximum absolute atomic E-state index is 12.4. The van der Waals surface area contributed by atoms with E-state index in [9.17, 15) is 14.4 Å². The predicted molar refractivity (Wildman–Crippen MR) is 118 cm³/mol. The highest BCUT2D eigenvalue weighted by Gasteiger charge is 2.10. The second kappa shape index (κ2) is 10.1. The number of anilines is 2. The minimum Gasteiger partial charge on any atom is -0.434 e. The first-order valence-corrected chi connectivity index (χ1v) is 9.68. The number of carbonyl (C=O) groups excluding carboxylic acids is 3. The number of nitrogens with one attached hydrogen (secondary N) is 2. The Morgan fingerprint density at radius 3 is 1.61 bits per heavy atom. The van der Waals surface area contributed by atoms with E-state index in [2.05, 4.69) is 10.6 Å². The van der Waals surface area contributed by atoms with Gasteiger partial charge in [-0.1, -0.05) is 17.7 Å². The Hall–Kier alpha value is -4.13. The number of benzene rings is 3. The van der Waals surface area contributed by atoms with Crippen LogP contribution >= 0.6 is 0 Å². The lowest BCUT2D eigenvalue weighted by molar-refractivity contribution is 0.101. The predicted octanol–water partition coefficient (Wildman–Crippen LogP) is 5.03. The standard InChI is InChI=1S/C24H22N2O5/c1-3-30-24(29)31-21-14-8-18(9-15-21)23(28)26-20-12-10-19(11-13-20)25-22(27)17-6-4-16(2)5-7-17/h4-15H,3H2,1-2H3,(H,25,27)(H,26,28). The molecule has 0 fully saturated rings. The van der Waals surface area contributed by atoms with Crippen LogP contribution < -0.4 is 15.4 Å². The van der Waals surface area contributed by atoms with Gasteiger partial charge in [0.15, 0.2) is 0 Å². The van der Waals surface area contributed by atoms with Crippen molar-refractivity contribution in [3.8, 4) is 5.75 Å². The summed E-state index contributed by atoms with van der Waals surface area (Å²) in [6, 6.07) is 20.2. The third kappa shape index (κ3) is 6.17. The van der Waals surface area contributed by atoms with E-state index in [4.69, 9.17) is 9.47 Å². The van der Waals surface area contributed by atoms with E-state index in [1.165, 1.54) is 12.1 Å². The maximum Gasteiger partial charge on any atom is 0.513 e. The van der Waals surface area contributed by atoms with Crippen LogP contribution in [0.25, 0.3) is 0 Å². The van der Waals surface area contributed by atoms with Crippen molar-refractivity contribution < 1.29 is 23.9 Å². The normalized spacial score (nSPS) is 10.1. The average Bonchev–Trinajstić information content (AvgIpc) is 2.76. The number of carbonyl (C=O) groups is 3. The lowest BCUT2D eigenvalue weighted by atomic mass is 10.1. The van der Waals surface area contributed by atoms with Gasteiger partial charge in [-0.25, -0.2) is 4.79 Å². The van der Waals surface area contributed by atoms with Gasteiger partial charge in [-0.05, 0) is 74.5 Å². The molecule has 0 spiro atoms. The number of ether oxygens (including phenoxy) is 2. The zero-order valence-electron chi connectivity index (χ0n) is 17.2. The molecule has 31 heavy (non-hydrogen) atoms. The SMILES string of the molecule is CCOC(=O)Oc1ccc(C(=O)Nc2ccc(NC(=O)c3ccc(C)cc3)cc2)cc1. The summed E-state index contributed by atoms with van der Waals surface area (Å²) in [5.41, 5.74) is 3.23. The summed E-state index contributed by atoms with van der Waals surface area (Å²) in [5, 5.41) is 5.59. The van der Waals surface area contributed by atoms with Gasteiger partial charge in [-0.15, -0.1) is 0 Å². The average molecular weight is 418 g/mol. The molecule has 0 radical (unpaired) electrons. The van der Waals surface area contributed by atoms with Crippen LogP contribution in [0.15, 0.2) is 72.8 Å². The molecule has 0 unspecified atom stereocenters. The topological polar surface area (TPSA) is 93.7 Å². The third-order valence-electron chi connectivity index (χ3n) is 4.29. The van der Waals surface area contributed by atoms with Crippen molar-refractivity contribution in [1.29, 1.82) is 0 Å². The molecule has 158 valence electrons. The highest BCUT2D eigenvalue weighted by Crippen LogP contribution is 2.17. The summed E-state index contributed by atoms with van der Waals surface area (Å²) in [4.78, 5) is 36.0. The Balaban J connectivity index is 1.56. The van der Waals surface area contributed by atoms with Gasteiger partial charge in [0.25, 0.3) is 11.8 Å². The minimum atomic E-state index is -0.797. The van der Waals surface area contributed by atoms with Crippen molar-refractivity contribution in [3.63, 3.8) is 0 Å². The maximum atomic E-state index is 12.4. The second-order valence-corrected chi connectivity index (χ2v) is 6.66. The van der Waals surface area contributed by atoms with Crippen LogP contribution in [0.4, 0.5) is 16.2 Å². The number of hydrogen-bond donors (Lipinski definition) is 2. The second-order valence-electron chi connectivity index (χ2n) is 6.66. The molecule has 0 aliphatic rings. The van der Waals surface area contributed by atoms with E-state index in [-0.39, 0.29) is 24.2 Å². The molecular formula is C24H22N2O5. The van der Waals surface area contributed by atoms with Crippen molar-refractivity contribution in [2.75, 3.05) is 17.2 Å². The number of amides is 2. The molecule has 0 saturated heterocycles. The van der Waals surface area contributed by atoms with E-state index in [0.717, 1.165) is 5.56 Å². The highest BCUT2D eigenvalue weighted by atomic mass is 16.7. The quantitative estimate of drug-likeness (QED) is 0.432. The smallest absolute Gasteiger partial charge is 0.434 e. The van der Waals surface area contributed by atoms with Crippen molar-refractivity contribution in [1.82, 2.24) is 0 Å². The first-order chi connectivity index (χ1) is 14.9. The molecule has 0 aliphatic carbocycles. The first-order valence-electron chi connectivity index (χ1n) is 9.68. The van der Waals surface area contributed by atoms with E-state index in [1.807, 2.05) is 19.1 Å². The fourth-order valence-electron chi connectivity index (χ4n) is 2.67. The molecule has 3 aromatic carbocycles. The van der Waals surface area contributed by atoms with E-state index >= 15 is 0 Å². The molecule has 7 heteroatoms. The van der Waals surface area contributed by atoms with Crippen molar-refractivity contribution in [3.05, 3.63) is 89.5 Å². The van der Waals surface area contributed by atoms with Gasteiger partial charge >= 0.3 is 6.16 Å². The minimum absolute atomic E-state index is 0.207. The van der Waals surface area contributed by atoms with Crippen molar-refractivity contribution in [2.24, 2.45) is 0 Å². The van der Waals surface area contributed by atoms with Gasteiger partial charge < -0.3 is 20.1 Å². The zero-order chi connectivity index (χ0) is 22.2. The van der Waals surface area contributed by atoms with Gasteiger partial charge in [-0.3, -0.25) is 9.59 Å². The summed E-state index contributed by atoms with van der Waals surface area (Å²) in [7, 11) is 0. The van der Waals surface area contributed by atoms with Crippen LogP contribution in [0.5, 0.6) is 5.75 Å². The highest BCUT2D eigenvalue weighted by molar-refractivity contribution is 6.05. The van der Waals surface area contributed by atoms with Gasteiger partial charge in [-0.2, -0.15) is 0 Å². The van der Waals surface area contributed by atoms with Crippen molar-refractivity contribution in [2.45, 2.75) is 13.8 Å². The van der Waals surface area contributed by atoms with Gasteiger partial charge in [0, 0.05) is 22.5 Å². The molecule has 2 N–H and O–H groups in total.